The van der Waals surface area contributed by atoms with E-state index in [9.17, 15) is 13.2 Å². The smallest absolute Gasteiger partial charge is 0.369 e. The maximum absolute atomic E-state index is 12.1. The lowest BCUT2D eigenvalue weighted by Gasteiger charge is -2.30. The van der Waals surface area contributed by atoms with Crippen LogP contribution in [-0.4, -0.2) is 31.5 Å². The van der Waals surface area contributed by atoms with Crippen molar-refractivity contribution in [3.63, 3.8) is 0 Å². The van der Waals surface area contributed by atoms with Crippen LogP contribution in [0.4, 0.5) is 13.2 Å². The van der Waals surface area contributed by atoms with Crippen LogP contribution in [0.5, 0.6) is 0 Å². The fourth-order valence-corrected chi connectivity index (χ4v) is 2.27. The second kappa shape index (κ2) is 7.34. The van der Waals surface area contributed by atoms with Crippen LogP contribution in [0.3, 0.4) is 0 Å². The van der Waals surface area contributed by atoms with E-state index in [2.05, 4.69) is 19.2 Å². The average molecular weight is 267 g/mol. The molecular weight excluding hydrogens is 243 g/mol. The van der Waals surface area contributed by atoms with Crippen molar-refractivity contribution >= 4 is 0 Å². The summed E-state index contributed by atoms with van der Waals surface area (Å²) < 4.78 is 41.1. The maximum Gasteiger partial charge on any atom is 0.411 e. The summed E-state index contributed by atoms with van der Waals surface area (Å²) in [6.07, 6.45) is 0.0954. The Kier molecular flexibility index (Phi) is 6.43. The molecule has 0 radical (unpaired) electrons. The molecule has 108 valence electrons. The van der Waals surface area contributed by atoms with Crippen LogP contribution in [0.1, 0.15) is 46.0 Å². The van der Waals surface area contributed by atoms with E-state index in [-0.39, 0.29) is 6.10 Å². The fourth-order valence-electron chi connectivity index (χ4n) is 2.27. The Hall–Kier alpha value is -0.290. The molecule has 0 aromatic rings. The van der Waals surface area contributed by atoms with Gasteiger partial charge in [0.15, 0.2) is 0 Å². The Balaban J connectivity index is 2.19. The first kappa shape index (κ1) is 15.8. The summed E-state index contributed by atoms with van der Waals surface area (Å²) in [5, 5.41) is 3.42. The van der Waals surface area contributed by atoms with Crippen LogP contribution in [0, 0.1) is 5.92 Å². The van der Waals surface area contributed by atoms with Crippen molar-refractivity contribution < 1.29 is 17.9 Å². The monoisotopic (exact) mass is 267 g/mol. The summed E-state index contributed by atoms with van der Waals surface area (Å²) in [5.74, 6) is 0.651. The van der Waals surface area contributed by atoms with Gasteiger partial charge in [-0.15, -0.1) is 0 Å². The Morgan fingerprint density at radius 2 is 2.00 bits per heavy atom. The van der Waals surface area contributed by atoms with E-state index in [4.69, 9.17) is 4.74 Å². The van der Waals surface area contributed by atoms with Gasteiger partial charge in [0.2, 0.25) is 0 Å². The first-order valence-electron chi connectivity index (χ1n) is 6.78. The van der Waals surface area contributed by atoms with Crippen molar-refractivity contribution in [2.45, 2.75) is 64.3 Å². The molecule has 1 saturated carbocycles. The van der Waals surface area contributed by atoms with Gasteiger partial charge in [0.05, 0.1) is 6.10 Å². The summed E-state index contributed by atoms with van der Waals surface area (Å²) >= 11 is 0. The summed E-state index contributed by atoms with van der Waals surface area (Å²) in [4.78, 5) is 0. The predicted octanol–water partition coefficient (Wildman–Crippen LogP) is 3.51. The molecule has 2 nitrogen and oxygen atoms in total. The van der Waals surface area contributed by atoms with Crippen LogP contribution >= 0.6 is 0 Å². The molecule has 2 unspecified atom stereocenters. The van der Waals surface area contributed by atoms with Gasteiger partial charge in [0.1, 0.15) is 6.61 Å². The summed E-state index contributed by atoms with van der Waals surface area (Å²) in [6.45, 7) is 4.15. The van der Waals surface area contributed by atoms with Gasteiger partial charge < -0.3 is 10.1 Å². The zero-order valence-corrected chi connectivity index (χ0v) is 11.2. The van der Waals surface area contributed by atoms with E-state index >= 15 is 0 Å². The van der Waals surface area contributed by atoms with Gasteiger partial charge in [-0.2, -0.15) is 13.2 Å². The van der Waals surface area contributed by atoms with Crippen molar-refractivity contribution in [3.05, 3.63) is 0 Å². The molecule has 0 amide bonds. The minimum Gasteiger partial charge on any atom is -0.369 e. The third-order valence-corrected chi connectivity index (χ3v) is 3.26. The third kappa shape index (κ3) is 7.21. The quantitative estimate of drug-likeness (QED) is 0.795. The summed E-state index contributed by atoms with van der Waals surface area (Å²) in [5.41, 5.74) is 0. The Morgan fingerprint density at radius 3 is 2.61 bits per heavy atom. The molecule has 0 heterocycles. The standard InChI is InChI=1S/C13H24F3NO/c1-10(2)6-7-17-11-4-3-5-12(8-11)18-9-13(14,15)16/h10-12,17H,3-9H2,1-2H3. The molecule has 1 rings (SSSR count). The van der Waals surface area contributed by atoms with E-state index < -0.39 is 12.8 Å². The van der Waals surface area contributed by atoms with Gasteiger partial charge in [0.25, 0.3) is 0 Å². The Labute approximate surface area is 107 Å². The molecule has 0 bridgehead atoms. The molecule has 0 aromatic heterocycles. The highest BCUT2D eigenvalue weighted by Gasteiger charge is 2.31. The first-order chi connectivity index (χ1) is 8.37. The largest absolute Gasteiger partial charge is 0.411 e. The van der Waals surface area contributed by atoms with E-state index in [0.717, 1.165) is 32.2 Å². The molecule has 0 aliphatic heterocycles. The number of ether oxygens (including phenoxy) is 1. The van der Waals surface area contributed by atoms with Gasteiger partial charge >= 0.3 is 6.18 Å². The zero-order valence-electron chi connectivity index (χ0n) is 11.2. The first-order valence-corrected chi connectivity index (χ1v) is 6.78. The molecular formula is C13H24F3NO. The minimum atomic E-state index is -4.21. The van der Waals surface area contributed by atoms with Crippen LogP contribution in [-0.2, 0) is 4.74 Å². The highest BCUT2D eigenvalue weighted by Crippen LogP contribution is 2.24. The molecule has 0 aromatic carbocycles. The third-order valence-electron chi connectivity index (χ3n) is 3.26. The molecule has 1 N–H and O–H groups in total. The second-order valence-electron chi connectivity index (χ2n) is 5.55. The molecule has 0 spiro atoms. The second-order valence-corrected chi connectivity index (χ2v) is 5.55. The number of alkyl halides is 3. The van der Waals surface area contributed by atoms with E-state index in [1.807, 2.05) is 0 Å². The molecule has 18 heavy (non-hydrogen) atoms. The molecule has 1 aliphatic rings. The SMILES string of the molecule is CC(C)CCNC1CCCC(OCC(F)(F)F)C1. The predicted molar refractivity (Wildman–Crippen MR) is 65.5 cm³/mol. The molecule has 1 aliphatic carbocycles. The summed E-state index contributed by atoms with van der Waals surface area (Å²) in [7, 11) is 0. The fraction of sp³-hybridized carbons (Fsp3) is 1.00. The van der Waals surface area contributed by atoms with Gasteiger partial charge in [-0.3, -0.25) is 0 Å². The lowest BCUT2D eigenvalue weighted by molar-refractivity contribution is -0.188. The number of rotatable bonds is 6. The topological polar surface area (TPSA) is 21.3 Å². The minimum absolute atomic E-state index is 0.239. The molecule has 0 saturated heterocycles. The average Bonchev–Trinajstić information content (AvgIpc) is 2.26. The molecule has 5 heteroatoms. The number of hydrogen-bond donors (Lipinski definition) is 1. The van der Waals surface area contributed by atoms with Crippen molar-refractivity contribution in [1.82, 2.24) is 5.32 Å². The highest BCUT2D eigenvalue weighted by molar-refractivity contribution is 4.78. The van der Waals surface area contributed by atoms with Crippen LogP contribution in [0.15, 0.2) is 0 Å². The maximum atomic E-state index is 12.1. The van der Waals surface area contributed by atoms with Gasteiger partial charge in [-0.05, 0) is 44.6 Å². The number of hydrogen-bond acceptors (Lipinski definition) is 2. The number of nitrogens with one attached hydrogen (secondary N) is 1. The lowest BCUT2D eigenvalue weighted by Crippen LogP contribution is -2.38. The highest BCUT2D eigenvalue weighted by atomic mass is 19.4. The van der Waals surface area contributed by atoms with Crippen molar-refractivity contribution in [2.75, 3.05) is 13.2 Å². The van der Waals surface area contributed by atoms with E-state index in [0.29, 0.717) is 18.4 Å². The number of halogens is 3. The zero-order chi connectivity index (χ0) is 13.6. The normalized spacial score (nSPS) is 25.7. The van der Waals surface area contributed by atoms with E-state index in [1.165, 1.54) is 0 Å². The van der Waals surface area contributed by atoms with Gasteiger partial charge in [-0.1, -0.05) is 13.8 Å². The van der Waals surface area contributed by atoms with Crippen molar-refractivity contribution in [3.8, 4) is 0 Å². The molecule has 1 fully saturated rings. The van der Waals surface area contributed by atoms with Crippen LogP contribution in [0.25, 0.3) is 0 Å². The Morgan fingerprint density at radius 1 is 1.28 bits per heavy atom. The van der Waals surface area contributed by atoms with Gasteiger partial charge in [-0.25, -0.2) is 0 Å². The van der Waals surface area contributed by atoms with Crippen LogP contribution in [0.2, 0.25) is 0 Å². The van der Waals surface area contributed by atoms with Crippen molar-refractivity contribution in [2.24, 2.45) is 5.92 Å². The lowest BCUT2D eigenvalue weighted by atomic mass is 9.92. The molecule has 2 atom stereocenters. The van der Waals surface area contributed by atoms with Crippen molar-refractivity contribution in [1.29, 1.82) is 0 Å². The van der Waals surface area contributed by atoms with E-state index in [1.54, 1.807) is 0 Å². The Bertz CT molecular complexity index is 231. The summed E-state index contributed by atoms with van der Waals surface area (Å²) in [6, 6.07) is 0.315. The van der Waals surface area contributed by atoms with Crippen LogP contribution < -0.4 is 5.32 Å². The van der Waals surface area contributed by atoms with Gasteiger partial charge in [0, 0.05) is 6.04 Å².